The van der Waals surface area contributed by atoms with Crippen molar-refractivity contribution in [3.05, 3.63) is 0 Å². The highest BCUT2D eigenvalue weighted by Crippen LogP contribution is 2.41. The average Bonchev–Trinajstić information content (AvgIpc) is 3.32. The topological polar surface area (TPSA) is 121 Å². The van der Waals surface area contributed by atoms with Gasteiger partial charge in [0.2, 0.25) is 0 Å². The van der Waals surface area contributed by atoms with Crippen molar-refractivity contribution in [3.8, 4) is 0 Å². The predicted octanol–water partition coefficient (Wildman–Crippen LogP) is 17.5. The quantitative estimate of drug-likeness (QED) is 0.0338. The molecule has 0 rings (SSSR count). The lowest BCUT2D eigenvalue weighted by Crippen LogP contribution is -2.65. The van der Waals surface area contributed by atoms with Crippen LogP contribution in [-0.2, 0) is 0 Å². The molecule has 0 unspecified atom stereocenters. The highest BCUT2D eigenvalue weighted by molar-refractivity contribution is 5.07. The van der Waals surface area contributed by atoms with Gasteiger partial charge in [-0.05, 0) is 19.3 Å². The fourth-order valence-electron chi connectivity index (χ4n) is 10.7. The second-order valence-corrected chi connectivity index (χ2v) is 21.8. The van der Waals surface area contributed by atoms with Gasteiger partial charge in [0.15, 0.2) is 0 Å². The van der Waals surface area contributed by atoms with Gasteiger partial charge < -0.3 is 30.6 Å². The largest absolute Gasteiger partial charge is 0.394 e. The predicted molar refractivity (Wildman–Crippen MR) is 287 cm³/mol. The maximum atomic E-state index is 12.6. The molecule has 6 heteroatoms. The average molecular weight is 940 g/mol. The van der Waals surface area contributed by atoms with Crippen LogP contribution in [0, 0.1) is 0 Å². The summed E-state index contributed by atoms with van der Waals surface area (Å²) in [7, 11) is 0. The van der Waals surface area contributed by atoms with E-state index in [9.17, 15) is 30.6 Å². The van der Waals surface area contributed by atoms with Crippen LogP contribution in [0.25, 0.3) is 0 Å². The Bertz CT molecular complexity index is 895. The molecule has 0 aliphatic rings. The molecule has 0 aromatic carbocycles. The van der Waals surface area contributed by atoms with Gasteiger partial charge in [0.05, 0.1) is 12.2 Å². The van der Waals surface area contributed by atoms with Crippen LogP contribution in [0.4, 0.5) is 0 Å². The summed E-state index contributed by atoms with van der Waals surface area (Å²) in [5.74, 6) is 0. The van der Waals surface area contributed by atoms with Crippen molar-refractivity contribution in [2.45, 2.75) is 378 Å². The van der Waals surface area contributed by atoms with Crippen molar-refractivity contribution in [1.82, 2.24) is 0 Å². The maximum absolute atomic E-state index is 12.6. The summed E-state index contributed by atoms with van der Waals surface area (Å²) in [5, 5.41) is 67.9. The second kappa shape index (κ2) is 49.7. The standard InChI is InChI=1S/C60H122O6/c1-4-7-10-13-16-19-22-25-28-31-34-37-40-43-46-49-52-59(65,53-50-47-44-41-38-35-32-29-26-23-20-17-14-11-8-5-2)60(66,58(64)57(63)56(62)55-61)54-51-48-45-42-39-36-33-30-27-24-21-18-15-12-9-6-3/h56-58,61-66H,4-55H2,1-3H3/t56-,57-,58+,60-/m1/s1. The highest BCUT2D eigenvalue weighted by atomic mass is 16.4. The molecule has 0 fully saturated rings. The minimum atomic E-state index is -1.98. The van der Waals surface area contributed by atoms with Crippen molar-refractivity contribution in [1.29, 1.82) is 0 Å². The molecule has 0 radical (unpaired) electrons. The Morgan fingerprint density at radius 3 is 0.652 bits per heavy atom. The number of hydrogen-bond acceptors (Lipinski definition) is 6. The van der Waals surface area contributed by atoms with Crippen molar-refractivity contribution in [2.75, 3.05) is 6.61 Å². The van der Waals surface area contributed by atoms with Gasteiger partial charge in [-0.15, -0.1) is 0 Å². The van der Waals surface area contributed by atoms with Gasteiger partial charge in [-0.2, -0.15) is 0 Å². The smallest absolute Gasteiger partial charge is 0.122 e. The number of rotatable bonds is 56. The minimum absolute atomic E-state index is 0.163. The molecule has 66 heavy (non-hydrogen) atoms. The molecule has 0 aliphatic heterocycles. The monoisotopic (exact) mass is 939 g/mol. The molecule has 398 valence electrons. The van der Waals surface area contributed by atoms with Crippen LogP contribution in [0.3, 0.4) is 0 Å². The molecule has 4 atom stereocenters. The van der Waals surface area contributed by atoms with Gasteiger partial charge in [0.1, 0.15) is 23.9 Å². The van der Waals surface area contributed by atoms with E-state index in [1.807, 2.05) is 0 Å². The zero-order chi connectivity index (χ0) is 48.5. The Balaban J connectivity index is 5.07. The molecular weight excluding hydrogens is 817 g/mol. The number of unbranched alkanes of at least 4 members (excludes halogenated alkanes) is 45. The summed E-state index contributed by atoms with van der Waals surface area (Å²) in [6.45, 7) is 6.12. The van der Waals surface area contributed by atoms with Crippen LogP contribution < -0.4 is 0 Å². The van der Waals surface area contributed by atoms with Crippen LogP contribution in [0.2, 0.25) is 0 Å². The van der Waals surface area contributed by atoms with Crippen LogP contribution in [-0.4, -0.2) is 66.8 Å². The Morgan fingerprint density at radius 2 is 0.455 bits per heavy atom. The summed E-state index contributed by atoms with van der Waals surface area (Å²) < 4.78 is 0. The fourth-order valence-corrected chi connectivity index (χ4v) is 10.7. The van der Waals surface area contributed by atoms with Gasteiger partial charge in [-0.25, -0.2) is 0 Å². The third-order valence-electron chi connectivity index (χ3n) is 15.5. The molecule has 6 nitrogen and oxygen atoms in total. The Labute approximate surface area is 413 Å². The van der Waals surface area contributed by atoms with Crippen molar-refractivity contribution in [2.24, 2.45) is 0 Å². The fraction of sp³-hybridized carbons (Fsp3) is 1.00. The Hall–Kier alpha value is -0.240. The summed E-state index contributed by atoms with van der Waals surface area (Å²) in [4.78, 5) is 0. The van der Waals surface area contributed by atoms with E-state index in [0.29, 0.717) is 19.3 Å². The number of aliphatic hydroxyl groups is 6. The van der Waals surface area contributed by atoms with Crippen molar-refractivity contribution >= 4 is 0 Å². The van der Waals surface area contributed by atoms with Gasteiger partial charge in [0, 0.05) is 0 Å². The molecule has 6 N–H and O–H groups in total. The normalized spacial score (nSPS) is 14.5. The van der Waals surface area contributed by atoms with E-state index in [-0.39, 0.29) is 6.42 Å². The first-order valence-electron chi connectivity index (χ1n) is 30.3. The summed E-state index contributed by atoms with van der Waals surface area (Å²) in [6, 6.07) is 0. The Morgan fingerprint density at radius 1 is 0.273 bits per heavy atom. The van der Waals surface area contributed by atoms with Crippen molar-refractivity contribution in [3.63, 3.8) is 0 Å². The molecule has 0 saturated carbocycles. The van der Waals surface area contributed by atoms with E-state index in [2.05, 4.69) is 20.8 Å². The summed E-state index contributed by atoms with van der Waals surface area (Å²) >= 11 is 0. The maximum Gasteiger partial charge on any atom is 0.122 e. The molecule has 0 aliphatic carbocycles. The summed E-state index contributed by atoms with van der Waals surface area (Å²) in [5.41, 5.74) is -3.58. The number of hydrogen-bond donors (Lipinski definition) is 6. The SMILES string of the molecule is CCCCCCCCCCCCCCCCCCC(O)(CCCCCCCCCCCCCCCCCC)[C@@](O)(CCCCCCCCCCCCCCCCCC)[C@@H](O)[C@H](O)[C@H](O)CO. The second-order valence-electron chi connectivity index (χ2n) is 21.8. The molecule has 0 bridgehead atoms. The molecule has 0 saturated heterocycles. The van der Waals surface area contributed by atoms with E-state index in [4.69, 9.17) is 0 Å². The minimum Gasteiger partial charge on any atom is -0.394 e. The van der Waals surface area contributed by atoms with E-state index in [1.54, 1.807) is 0 Å². The first-order valence-corrected chi connectivity index (χ1v) is 30.3. The molecule has 0 spiro atoms. The van der Waals surface area contributed by atoms with Crippen LogP contribution >= 0.6 is 0 Å². The third-order valence-corrected chi connectivity index (χ3v) is 15.5. The molecule has 0 aromatic heterocycles. The highest BCUT2D eigenvalue weighted by Gasteiger charge is 2.55. The van der Waals surface area contributed by atoms with E-state index in [0.717, 1.165) is 57.8 Å². The zero-order valence-electron chi connectivity index (χ0n) is 45.2. The van der Waals surface area contributed by atoms with Crippen molar-refractivity contribution < 1.29 is 30.6 Å². The van der Waals surface area contributed by atoms with E-state index >= 15 is 0 Å². The van der Waals surface area contributed by atoms with Crippen LogP contribution in [0.5, 0.6) is 0 Å². The van der Waals surface area contributed by atoms with Gasteiger partial charge in [-0.1, -0.05) is 329 Å². The van der Waals surface area contributed by atoms with Gasteiger partial charge >= 0.3 is 0 Å². The Kier molecular flexibility index (Phi) is 49.5. The van der Waals surface area contributed by atoms with E-state index in [1.165, 1.54) is 244 Å². The molecule has 0 amide bonds. The molecule has 0 heterocycles. The molecule has 0 aromatic rings. The lowest BCUT2D eigenvalue weighted by atomic mass is 9.68. The van der Waals surface area contributed by atoms with Crippen LogP contribution in [0.15, 0.2) is 0 Å². The zero-order valence-corrected chi connectivity index (χ0v) is 45.2. The first kappa shape index (κ1) is 65.8. The number of aliphatic hydroxyl groups excluding tert-OH is 4. The van der Waals surface area contributed by atoms with Gasteiger partial charge in [-0.3, -0.25) is 0 Å². The first-order chi connectivity index (χ1) is 32.2. The lowest BCUT2D eigenvalue weighted by molar-refractivity contribution is -0.243. The third kappa shape index (κ3) is 37.6. The lowest BCUT2D eigenvalue weighted by Gasteiger charge is -2.48. The summed E-state index contributed by atoms with van der Waals surface area (Å²) in [6.07, 6.45) is 56.0. The van der Waals surface area contributed by atoms with E-state index < -0.39 is 36.1 Å². The van der Waals surface area contributed by atoms with Crippen LogP contribution in [0.1, 0.15) is 348 Å². The van der Waals surface area contributed by atoms with Gasteiger partial charge in [0.25, 0.3) is 0 Å². The molecular formula is C60H122O6.